The van der Waals surface area contributed by atoms with Crippen LogP contribution in [0.1, 0.15) is 65.6 Å². The largest absolute Gasteiger partial charge is 0.467 e. The van der Waals surface area contributed by atoms with Gasteiger partial charge in [-0.2, -0.15) is 0 Å². The van der Waals surface area contributed by atoms with Crippen LogP contribution in [0.25, 0.3) is 0 Å². The third kappa shape index (κ3) is 5.10. The molecule has 4 heteroatoms. The van der Waals surface area contributed by atoms with Gasteiger partial charge in [-0.3, -0.25) is 4.79 Å². The monoisotopic (exact) mass is 321 g/mol. The van der Waals surface area contributed by atoms with E-state index in [0.717, 1.165) is 38.2 Å². The zero-order valence-electron chi connectivity index (χ0n) is 15.1. The average Bonchev–Trinajstić information content (AvgIpc) is 2.95. The number of ether oxygens (including phenoxy) is 1. The molecule has 1 aromatic rings. The van der Waals surface area contributed by atoms with E-state index in [4.69, 9.17) is 9.15 Å². The van der Waals surface area contributed by atoms with Gasteiger partial charge in [0.15, 0.2) is 0 Å². The summed E-state index contributed by atoms with van der Waals surface area (Å²) in [4.78, 5) is 13.9. The fourth-order valence-electron chi connectivity index (χ4n) is 3.98. The zero-order valence-corrected chi connectivity index (χ0v) is 15.1. The van der Waals surface area contributed by atoms with Crippen LogP contribution in [0.2, 0.25) is 0 Å². The first-order valence-corrected chi connectivity index (χ1v) is 8.78. The van der Waals surface area contributed by atoms with Crippen molar-refractivity contribution < 1.29 is 13.9 Å². The highest BCUT2D eigenvalue weighted by Gasteiger charge is 2.40. The van der Waals surface area contributed by atoms with E-state index in [1.54, 1.807) is 13.2 Å². The lowest BCUT2D eigenvalue weighted by Crippen LogP contribution is -2.43. The third-order valence-electron chi connectivity index (χ3n) is 4.99. The number of furan rings is 1. The molecule has 1 fully saturated rings. The Balaban J connectivity index is 2.02. The third-order valence-corrected chi connectivity index (χ3v) is 4.99. The van der Waals surface area contributed by atoms with E-state index in [9.17, 15) is 4.79 Å². The van der Waals surface area contributed by atoms with Crippen molar-refractivity contribution in [2.24, 2.45) is 5.41 Å². The molecule has 1 aromatic heterocycles. The molecule has 4 nitrogen and oxygen atoms in total. The van der Waals surface area contributed by atoms with E-state index in [-0.39, 0.29) is 16.9 Å². The van der Waals surface area contributed by atoms with Gasteiger partial charge in [0.1, 0.15) is 5.76 Å². The first-order valence-electron chi connectivity index (χ1n) is 8.78. The summed E-state index contributed by atoms with van der Waals surface area (Å²) in [5.41, 5.74) is 0.225. The molecule has 0 unspecified atom stereocenters. The molecule has 0 aliphatic carbocycles. The topological polar surface area (TPSA) is 42.7 Å². The van der Waals surface area contributed by atoms with Crippen molar-refractivity contribution >= 4 is 5.91 Å². The minimum Gasteiger partial charge on any atom is -0.467 e. The molecule has 1 amide bonds. The molecule has 1 aliphatic rings. The van der Waals surface area contributed by atoms with Gasteiger partial charge in [-0.25, -0.2) is 0 Å². The van der Waals surface area contributed by atoms with E-state index in [1.807, 2.05) is 17.0 Å². The average molecular weight is 321 g/mol. The first kappa shape index (κ1) is 18.1. The summed E-state index contributed by atoms with van der Waals surface area (Å²) >= 11 is 0. The Morgan fingerprint density at radius 1 is 1.35 bits per heavy atom. The van der Waals surface area contributed by atoms with Crippen molar-refractivity contribution in [1.82, 2.24) is 4.90 Å². The molecule has 0 radical (unpaired) electrons. The molecule has 0 aromatic carbocycles. The molecule has 2 rings (SSSR count). The van der Waals surface area contributed by atoms with Gasteiger partial charge in [0, 0.05) is 20.1 Å². The minimum absolute atomic E-state index is 0.0600. The van der Waals surface area contributed by atoms with Crippen molar-refractivity contribution in [3.63, 3.8) is 0 Å². The number of hydrogen-bond donors (Lipinski definition) is 0. The van der Waals surface area contributed by atoms with Crippen molar-refractivity contribution in [1.29, 1.82) is 0 Å². The van der Waals surface area contributed by atoms with Crippen LogP contribution >= 0.6 is 0 Å². The Labute approximate surface area is 140 Å². The summed E-state index contributed by atoms with van der Waals surface area (Å²) in [6.07, 6.45) is 7.23. The number of carbonyl (C=O) groups excluding carboxylic acids is 1. The lowest BCUT2D eigenvalue weighted by molar-refractivity contribution is -0.132. The summed E-state index contributed by atoms with van der Waals surface area (Å²) in [5, 5.41) is 0. The maximum Gasteiger partial charge on any atom is 0.219 e. The van der Waals surface area contributed by atoms with E-state index in [1.165, 1.54) is 12.8 Å². The Morgan fingerprint density at radius 2 is 2.13 bits per heavy atom. The molecule has 1 aliphatic heterocycles. The molecule has 0 spiro atoms. The summed E-state index contributed by atoms with van der Waals surface area (Å²) in [6, 6.07) is 3.79. The van der Waals surface area contributed by atoms with E-state index < -0.39 is 0 Å². The molecule has 0 bridgehead atoms. The van der Waals surface area contributed by atoms with Crippen LogP contribution in [-0.4, -0.2) is 29.6 Å². The standard InChI is InChI=1S/C19H31NO3/c1-5-8-19(10-13-23-18(3,4)15-19)9-11-20(16(2)21)14-17-7-6-12-22-17/h6-7,12H,5,8-11,13-15H2,1-4H3/t19-/m1/s1. The Kier molecular flexibility index (Phi) is 5.90. The molecular formula is C19H31NO3. The van der Waals surface area contributed by atoms with Crippen molar-refractivity contribution in [3.05, 3.63) is 24.2 Å². The van der Waals surface area contributed by atoms with Crippen LogP contribution in [0.5, 0.6) is 0 Å². The quantitative estimate of drug-likeness (QED) is 0.748. The van der Waals surface area contributed by atoms with Gasteiger partial charge in [0.2, 0.25) is 5.91 Å². The molecule has 2 heterocycles. The van der Waals surface area contributed by atoms with E-state index >= 15 is 0 Å². The van der Waals surface area contributed by atoms with Crippen LogP contribution in [0.15, 0.2) is 22.8 Å². The second kappa shape index (κ2) is 7.52. The van der Waals surface area contributed by atoms with Gasteiger partial charge >= 0.3 is 0 Å². The van der Waals surface area contributed by atoms with Crippen LogP contribution in [0.3, 0.4) is 0 Å². The zero-order chi connectivity index (χ0) is 16.9. The van der Waals surface area contributed by atoms with Crippen molar-refractivity contribution in [3.8, 4) is 0 Å². The smallest absolute Gasteiger partial charge is 0.219 e. The SMILES string of the molecule is CCC[C@@]1(CCN(Cc2ccco2)C(C)=O)CCOC(C)(C)C1. The molecule has 1 atom stereocenters. The Bertz CT molecular complexity index is 491. The summed E-state index contributed by atoms with van der Waals surface area (Å²) < 4.78 is 11.3. The van der Waals surface area contributed by atoms with Gasteiger partial charge in [-0.1, -0.05) is 13.3 Å². The van der Waals surface area contributed by atoms with Gasteiger partial charge in [0.25, 0.3) is 0 Å². The van der Waals surface area contributed by atoms with Crippen LogP contribution in [0, 0.1) is 5.41 Å². The highest BCUT2D eigenvalue weighted by Crippen LogP contribution is 2.45. The summed E-state index contributed by atoms with van der Waals surface area (Å²) in [6.45, 7) is 10.4. The summed E-state index contributed by atoms with van der Waals surface area (Å²) in [7, 11) is 0. The van der Waals surface area contributed by atoms with Crippen LogP contribution in [0.4, 0.5) is 0 Å². The lowest BCUT2D eigenvalue weighted by Gasteiger charge is -2.46. The van der Waals surface area contributed by atoms with Crippen LogP contribution < -0.4 is 0 Å². The predicted octanol–water partition coefficient (Wildman–Crippen LogP) is 4.39. The molecular weight excluding hydrogens is 290 g/mol. The highest BCUT2D eigenvalue weighted by atomic mass is 16.5. The lowest BCUT2D eigenvalue weighted by atomic mass is 9.69. The van der Waals surface area contributed by atoms with Crippen molar-refractivity contribution in [2.75, 3.05) is 13.2 Å². The maximum absolute atomic E-state index is 12.0. The number of amides is 1. The fraction of sp³-hybridized carbons (Fsp3) is 0.737. The first-order chi connectivity index (χ1) is 10.9. The minimum atomic E-state index is -0.0600. The van der Waals surface area contributed by atoms with Gasteiger partial charge in [-0.05, 0) is 57.1 Å². The van der Waals surface area contributed by atoms with Gasteiger partial charge in [-0.15, -0.1) is 0 Å². The normalized spacial score (nSPS) is 23.7. The van der Waals surface area contributed by atoms with Gasteiger partial charge in [0.05, 0.1) is 18.4 Å². The Morgan fingerprint density at radius 3 is 2.70 bits per heavy atom. The summed E-state index contributed by atoms with van der Waals surface area (Å²) in [5.74, 6) is 0.955. The Hall–Kier alpha value is -1.29. The second-order valence-corrected chi connectivity index (χ2v) is 7.55. The number of rotatable bonds is 7. The van der Waals surface area contributed by atoms with Gasteiger partial charge < -0.3 is 14.1 Å². The predicted molar refractivity (Wildman–Crippen MR) is 91.0 cm³/mol. The number of nitrogens with zero attached hydrogens (tertiary/aromatic N) is 1. The molecule has 130 valence electrons. The molecule has 23 heavy (non-hydrogen) atoms. The molecule has 0 saturated carbocycles. The van der Waals surface area contributed by atoms with E-state index in [0.29, 0.717) is 6.54 Å². The number of carbonyl (C=O) groups is 1. The molecule has 1 saturated heterocycles. The van der Waals surface area contributed by atoms with Crippen molar-refractivity contribution in [2.45, 2.75) is 71.9 Å². The van der Waals surface area contributed by atoms with E-state index in [2.05, 4.69) is 20.8 Å². The molecule has 0 N–H and O–H groups in total. The number of hydrogen-bond acceptors (Lipinski definition) is 3. The second-order valence-electron chi connectivity index (χ2n) is 7.55. The maximum atomic E-state index is 12.0. The fourth-order valence-corrected chi connectivity index (χ4v) is 3.98. The highest BCUT2D eigenvalue weighted by molar-refractivity contribution is 5.73. The van der Waals surface area contributed by atoms with Crippen LogP contribution in [-0.2, 0) is 16.1 Å².